The first kappa shape index (κ1) is 17.7. The maximum Gasteiger partial charge on any atom is 0.255 e. The van der Waals surface area contributed by atoms with Gasteiger partial charge in [-0.1, -0.05) is 30.4 Å². The lowest BCUT2D eigenvalue weighted by Crippen LogP contribution is -2.33. The van der Waals surface area contributed by atoms with E-state index in [2.05, 4.69) is 26.0 Å². The molecule has 0 bridgehead atoms. The van der Waals surface area contributed by atoms with Crippen LogP contribution in [0.5, 0.6) is 0 Å². The first-order chi connectivity index (χ1) is 9.67. The van der Waals surface area contributed by atoms with Gasteiger partial charge < -0.3 is 10.6 Å². The average molecular weight is 270 g/mol. The summed E-state index contributed by atoms with van der Waals surface area (Å²) in [5.74, 6) is 0.0277. The maximum atomic E-state index is 11.9. The van der Waals surface area contributed by atoms with Crippen LogP contribution in [0.3, 0.4) is 0 Å². The number of carbonyl (C=O) groups is 1. The van der Waals surface area contributed by atoms with E-state index in [0.717, 1.165) is 17.5 Å². The van der Waals surface area contributed by atoms with Crippen LogP contribution in [0.1, 0.15) is 35.4 Å². The first-order valence-electron chi connectivity index (χ1n) is 6.34. The minimum atomic E-state index is -0.298. The molecule has 106 valence electrons. The smallest absolute Gasteiger partial charge is 0.255 e. The van der Waals surface area contributed by atoms with E-state index in [9.17, 15) is 4.79 Å². The summed E-state index contributed by atoms with van der Waals surface area (Å²) in [6.07, 6.45) is 12.0. The van der Waals surface area contributed by atoms with E-state index in [1.807, 2.05) is 31.2 Å². The molecule has 0 aromatic heterocycles. The maximum absolute atomic E-state index is 11.9. The summed E-state index contributed by atoms with van der Waals surface area (Å²) in [5.41, 5.74) is 7.65. The van der Waals surface area contributed by atoms with Gasteiger partial charge in [0.2, 0.25) is 0 Å². The van der Waals surface area contributed by atoms with E-state index in [0.29, 0.717) is 6.54 Å². The molecule has 1 aliphatic rings. The van der Waals surface area contributed by atoms with Crippen LogP contribution in [-0.4, -0.2) is 17.4 Å². The van der Waals surface area contributed by atoms with Crippen LogP contribution in [0.25, 0.3) is 0 Å². The average Bonchev–Trinajstić information content (AvgIpc) is 2.73. The van der Waals surface area contributed by atoms with Gasteiger partial charge in [-0.05, 0) is 19.4 Å². The second-order valence-electron chi connectivity index (χ2n) is 4.02. The van der Waals surface area contributed by atoms with Crippen LogP contribution in [0.15, 0.2) is 49.6 Å². The van der Waals surface area contributed by atoms with E-state index >= 15 is 0 Å². The molecule has 1 aromatic rings. The number of hydrogen-bond donors (Lipinski definition) is 1. The SMILES string of the molecule is C#C.C=CC.C=CCCN1C(=O)c2ccccc2C1N. The predicted octanol–water partition coefficient (Wildman–Crippen LogP) is 3.12. The van der Waals surface area contributed by atoms with Gasteiger partial charge in [0.1, 0.15) is 6.17 Å². The van der Waals surface area contributed by atoms with E-state index < -0.39 is 0 Å². The summed E-state index contributed by atoms with van der Waals surface area (Å²) >= 11 is 0. The Morgan fingerprint density at radius 1 is 1.35 bits per heavy atom. The summed E-state index contributed by atoms with van der Waals surface area (Å²) in [6, 6.07) is 7.50. The van der Waals surface area contributed by atoms with Crippen molar-refractivity contribution in [2.45, 2.75) is 19.5 Å². The number of hydrogen-bond acceptors (Lipinski definition) is 2. The standard InChI is InChI=1S/C12H14N2O.C3H6.C2H2/c1-2-3-8-14-11(13)9-6-4-5-7-10(9)12(14)15;1-3-2;1-2/h2,4-7,11H,1,3,8,13H2;3H,1H2,2H3;1-2H. The van der Waals surface area contributed by atoms with Gasteiger partial charge in [0.25, 0.3) is 5.91 Å². The number of rotatable bonds is 3. The second-order valence-corrected chi connectivity index (χ2v) is 4.02. The first-order valence-corrected chi connectivity index (χ1v) is 6.34. The Kier molecular flexibility index (Phi) is 8.49. The van der Waals surface area contributed by atoms with Crippen molar-refractivity contribution in [3.05, 3.63) is 60.7 Å². The Hall–Kier alpha value is -2.31. The van der Waals surface area contributed by atoms with Gasteiger partial charge in [-0.15, -0.1) is 26.0 Å². The minimum Gasteiger partial charge on any atom is -0.319 e. The van der Waals surface area contributed by atoms with Crippen LogP contribution in [0, 0.1) is 12.8 Å². The molecule has 1 unspecified atom stereocenters. The van der Waals surface area contributed by atoms with Gasteiger partial charge in [0.15, 0.2) is 0 Å². The monoisotopic (exact) mass is 270 g/mol. The number of carbonyl (C=O) groups excluding carboxylic acids is 1. The number of nitrogens with two attached hydrogens (primary N) is 1. The quantitative estimate of drug-likeness (QED) is 0.677. The van der Waals surface area contributed by atoms with E-state index in [1.165, 1.54) is 0 Å². The molecule has 0 aliphatic carbocycles. The van der Waals surface area contributed by atoms with Crippen molar-refractivity contribution in [1.82, 2.24) is 4.90 Å². The highest BCUT2D eigenvalue weighted by Crippen LogP contribution is 2.29. The fraction of sp³-hybridized carbons (Fsp3) is 0.235. The lowest BCUT2D eigenvalue weighted by molar-refractivity contribution is 0.0733. The zero-order chi connectivity index (χ0) is 15.5. The number of benzene rings is 1. The van der Waals surface area contributed by atoms with Crippen molar-refractivity contribution >= 4 is 5.91 Å². The zero-order valence-corrected chi connectivity index (χ0v) is 12.0. The largest absolute Gasteiger partial charge is 0.319 e. The third-order valence-corrected chi connectivity index (χ3v) is 2.68. The lowest BCUT2D eigenvalue weighted by atomic mass is 10.1. The van der Waals surface area contributed by atoms with Crippen LogP contribution in [0.2, 0.25) is 0 Å². The molecule has 1 aliphatic heterocycles. The number of amides is 1. The third-order valence-electron chi connectivity index (χ3n) is 2.68. The summed E-state index contributed by atoms with van der Waals surface area (Å²) in [5, 5.41) is 0. The molecular weight excluding hydrogens is 248 g/mol. The summed E-state index contributed by atoms with van der Waals surface area (Å²) < 4.78 is 0. The highest BCUT2D eigenvalue weighted by atomic mass is 16.2. The van der Waals surface area contributed by atoms with Crippen molar-refractivity contribution in [3.63, 3.8) is 0 Å². The predicted molar refractivity (Wildman–Crippen MR) is 85.0 cm³/mol. The normalized spacial score (nSPS) is 15.1. The highest BCUT2D eigenvalue weighted by molar-refractivity contribution is 5.99. The lowest BCUT2D eigenvalue weighted by Gasteiger charge is -2.20. The third kappa shape index (κ3) is 4.11. The van der Waals surface area contributed by atoms with Gasteiger partial charge in [-0.2, -0.15) is 0 Å². The Labute approximate surface area is 121 Å². The molecule has 2 N–H and O–H groups in total. The number of allylic oxidation sites excluding steroid dienone is 1. The van der Waals surface area contributed by atoms with Gasteiger partial charge in [-0.25, -0.2) is 0 Å². The van der Waals surface area contributed by atoms with Crippen LogP contribution >= 0.6 is 0 Å². The molecule has 2 rings (SSSR count). The van der Waals surface area contributed by atoms with Crippen molar-refractivity contribution in [1.29, 1.82) is 0 Å². The van der Waals surface area contributed by atoms with Crippen LogP contribution in [0.4, 0.5) is 0 Å². The molecule has 1 heterocycles. The van der Waals surface area contributed by atoms with Crippen LogP contribution < -0.4 is 5.73 Å². The second kappa shape index (κ2) is 9.60. The Bertz CT molecular complexity index is 477. The molecular formula is C17H22N2O. The van der Waals surface area contributed by atoms with E-state index in [4.69, 9.17) is 5.73 Å². The number of nitrogens with zero attached hydrogens (tertiary/aromatic N) is 1. The van der Waals surface area contributed by atoms with Gasteiger partial charge in [0.05, 0.1) is 0 Å². The molecule has 0 spiro atoms. The molecule has 3 heteroatoms. The van der Waals surface area contributed by atoms with Crippen molar-refractivity contribution in [2.24, 2.45) is 5.73 Å². The summed E-state index contributed by atoms with van der Waals surface area (Å²) in [7, 11) is 0. The van der Waals surface area contributed by atoms with Crippen LogP contribution in [-0.2, 0) is 0 Å². The van der Waals surface area contributed by atoms with Gasteiger partial charge >= 0.3 is 0 Å². The Balaban J connectivity index is 0.000000641. The number of terminal acetylenes is 1. The fourth-order valence-electron chi connectivity index (χ4n) is 1.87. The van der Waals surface area contributed by atoms with Crippen molar-refractivity contribution in [2.75, 3.05) is 6.54 Å². The minimum absolute atomic E-state index is 0.0277. The van der Waals surface area contributed by atoms with Gasteiger partial charge in [0, 0.05) is 17.7 Å². The van der Waals surface area contributed by atoms with E-state index in [1.54, 1.807) is 17.1 Å². The molecule has 20 heavy (non-hydrogen) atoms. The molecule has 0 saturated heterocycles. The molecule has 1 aromatic carbocycles. The Morgan fingerprint density at radius 2 is 1.90 bits per heavy atom. The summed E-state index contributed by atoms with van der Waals surface area (Å²) in [6.45, 7) is 9.53. The molecule has 0 fully saturated rings. The molecule has 3 nitrogen and oxygen atoms in total. The molecule has 1 atom stereocenters. The molecule has 1 amide bonds. The number of fused-ring (bicyclic) bond motifs is 1. The topological polar surface area (TPSA) is 46.3 Å². The van der Waals surface area contributed by atoms with E-state index in [-0.39, 0.29) is 12.1 Å². The molecule has 0 radical (unpaired) electrons. The van der Waals surface area contributed by atoms with Crippen molar-refractivity contribution in [3.8, 4) is 12.8 Å². The Morgan fingerprint density at radius 3 is 2.40 bits per heavy atom. The van der Waals surface area contributed by atoms with Crippen molar-refractivity contribution < 1.29 is 4.79 Å². The zero-order valence-electron chi connectivity index (χ0n) is 12.0. The highest BCUT2D eigenvalue weighted by Gasteiger charge is 2.32. The molecule has 0 saturated carbocycles. The fourth-order valence-corrected chi connectivity index (χ4v) is 1.87. The summed E-state index contributed by atoms with van der Waals surface area (Å²) in [4.78, 5) is 13.6. The van der Waals surface area contributed by atoms with Gasteiger partial charge in [-0.3, -0.25) is 4.79 Å².